The molecule has 0 saturated carbocycles. The second-order valence-electron chi connectivity index (χ2n) is 6.21. The molecule has 4 rings (SSSR count). The second kappa shape index (κ2) is 6.69. The molecule has 9 heteroatoms. The summed E-state index contributed by atoms with van der Waals surface area (Å²) in [5.41, 5.74) is -0.0991. The number of hydrogen-bond donors (Lipinski definition) is 3. The lowest BCUT2D eigenvalue weighted by atomic mass is 10.2. The molecule has 138 valence electrons. The summed E-state index contributed by atoms with van der Waals surface area (Å²) in [7, 11) is 0. The van der Waals surface area contributed by atoms with Crippen molar-refractivity contribution in [1.29, 1.82) is 0 Å². The number of aromatic carboxylic acids is 1. The van der Waals surface area contributed by atoms with Gasteiger partial charge in [-0.15, -0.1) is 0 Å². The molecule has 3 N–H and O–H groups in total. The summed E-state index contributed by atoms with van der Waals surface area (Å²) >= 11 is 0. The standard InChI is InChI=1S/C18H17N5O4/c24-12-3-1-11(2-4-12)23-10-14(17(26)27)15(25)13-9-20-18(21-16(13)23)22-7-5-19-6-8-22/h1-4,9-10,19,24H,5-8H2,(H,26,27). The molecule has 3 heterocycles. The van der Waals surface area contributed by atoms with Crippen LogP contribution in [0.5, 0.6) is 5.75 Å². The van der Waals surface area contributed by atoms with Crippen LogP contribution in [0.3, 0.4) is 0 Å². The van der Waals surface area contributed by atoms with E-state index in [1.54, 1.807) is 12.1 Å². The van der Waals surface area contributed by atoms with Gasteiger partial charge in [0.1, 0.15) is 11.3 Å². The Bertz CT molecular complexity index is 1070. The first-order chi connectivity index (χ1) is 13.0. The highest BCUT2D eigenvalue weighted by molar-refractivity contribution is 5.92. The van der Waals surface area contributed by atoms with Crippen molar-refractivity contribution in [2.24, 2.45) is 0 Å². The number of hydrogen-bond acceptors (Lipinski definition) is 7. The summed E-state index contributed by atoms with van der Waals surface area (Å²) in [5.74, 6) is -0.752. The molecule has 0 spiro atoms. The third kappa shape index (κ3) is 3.08. The van der Waals surface area contributed by atoms with Gasteiger partial charge >= 0.3 is 5.97 Å². The highest BCUT2D eigenvalue weighted by atomic mass is 16.4. The summed E-state index contributed by atoms with van der Waals surface area (Å²) in [4.78, 5) is 34.9. The van der Waals surface area contributed by atoms with E-state index in [0.717, 1.165) is 26.2 Å². The van der Waals surface area contributed by atoms with Gasteiger partial charge in [0.05, 0.1) is 5.39 Å². The van der Waals surface area contributed by atoms with E-state index in [4.69, 9.17) is 0 Å². The number of anilines is 1. The number of phenols is 1. The number of nitrogens with zero attached hydrogens (tertiary/aromatic N) is 4. The van der Waals surface area contributed by atoms with Crippen molar-refractivity contribution in [1.82, 2.24) is 19.9 Å². The highest BCUT2D eigenvalue weighted by Crippen LogP contribution is 2.20. The van der Waals surface area contributed by atoms with E-state index in [9.17, 15) is 19.8 Å². The molecule has 1 fully saturated rings. The number of aromatic hydroxyl groups is 1. The largest absolute Gasteiger partial charge is 0.508 e. The Morgan fingerprint density at radius 3 is 2.52 bits per heavy atom. The fraction of sp³-hybridized carbons (Fsp3) is 0.222. The Kier molecular flexibility index (Phi) is 4.21. The van der Waals surface area contributed by atoms with Crippen LogP contribution in [0.25, 0.3) is 16.7 Å². The van der Waals surface area contributed by atoms with Crippen molar-refractivity contribution >= 4 is 23.0 Å². The predicted molar refractivity (Wildman–Crippen MR) is 98.8 cm³/mol. The van der Waals surface area contributed by atoms with Crippen molar-refractivity contribution < 1.29 is 15.0 Å². The molecule has 9 nitrogen and oxygen atoms in total. The van der Waals surface area contributed by atoms with Gasteiger partial charge in [-0.25, -0.2) is 9.78 Å². The number of pyridine rings is 1. The van der Waals surface area contributed by atoms with Crippen molar-refractivity contribution in [2.45, 2.75) is 0 Å². The molecular weight excluding hydrogens is 350 g/mol. The Morgan fingerprint density at radius 1 is 1.15 bits per heavy atom. The number of rotatable bonds is 3. The van der Waals surface area contributed by atoms with Crippen molar-refractivity contribution in [3.05, 3.63) is 52.4 Å². The lowest BCUT2D eigenvalue weighted by molar-refractivity contribution is 0.0695. The third-order valence-corrected chi connectivity index (χ3v) is 4.49. The molecule has 3 aromatic rings. The molecular formula is C18H17N5O4. The molecule has 0 bridgehead atoms. The summed E-state index contributed by atoms with van der Waals surface area (Å²) < 4.78 is 1.53. The fourth-order valence-electron chi connectivity index (χ4n) is 3.08. The molecule has 1 aliphatic heterocycles. The number of carboxylic acid groups (broad SMARTS) is 1. The topological polar surface area (TPSA) is 121 Å². The van der Waals surface area contributed by atoms with E-state index < -0.39 is 11.4 Å². The number of benzene rings is 1. The number of fused-ring (bicyclic) bond motifs is 1. The molecule has 0 aliphatic carbocycles. The zero-order chi connectivity index (χ0) is 19.0. The van der Waals surface area contributed by atoms with E-state index in [-0.39, 0.29) is 16.7 Å². The van der Waals surface area contributed by atoms with E-state index in [1.807, 2.05) is 4.90 Å². The van der Waals surface area contributed by atoms with Crippen LogP contribution in [0.1, 0.15) is 10.4 Å². The lowest BCUT2D eigenvalue weighted by Crippen LogP contribution is -2.44. The van der Waals surface area contributed by atoms with Crippen LogP contribution in [0.4, 0.5) is 5.95 Å². The molecule has 1 aromatic carbocycles. The van der Waals surface area contributed by atoms with Crippen molar-refractivity contribution in [2.75, 3.05) is 31.1 Å². The van der Waals surface area contributed by atoms with Crippen molar-refractivity contribution in [3.8, 4) is 11.4 Å². The van der Waals surface area contributed by atoms with Gasteiger partial charge in [-0.2, -0.15) is 4.98 Å². The van der Waals surface area contributed by atoms with Gasteiger partial charge in [-0.05, 0) is 24.3 Å². The van der Waals surface area contributed by atoms with Crippen LogP contribution < -0.4 is 15.6 Å². The average molecular weight is 367 g/mol. The number of nitrogens with one attached hydrogen (secondary N) is 1. The monoisotopic (exact) mass is 367 g/mol. The van der Waals surface area contributed by atoms with Gasteiger partial charge in [-0.1, -0.05) is 0 Å². The molecule has 1 saturated heterocycles. The van der Waals surface area contributed by atoms with Crippen LogP contribution in [0, 0.1) is 0 Å². The number of carbonyl (C=O) groups is 1. The molecule has 0 amide bonds. The summed E-state index contributed by atoms with van der Waals surface area (Å²) in [6, 6.07) is 6.21. The summed E-state index contributed by atoms with van der Waals surface area (Å²) in [5, 5.41) is 22.3. The van der Waals surface area contributed by atoms with Crippen LogP contribution in [0.2, 0.25) is 0 Å². The normalized spacial score (nSPS) is 14.4. The zero-order valence-corrected chi connectivity index (χ0v) is 14.3. The minimum Gasteiger partial charge on any atom is -0.508 e. The first-order valence-corrected chi connectivity index (χ1v) is 8.45. The SMILES string of the molecule is O=C(O)c1cn(-c2ccc(O)cc2)c2nc(N3CCNCC3)ncc2c1=O. The first kappa shape index (κ1) is 17.0. The Morgan fingerprint density at radius 2 is 1.85 bits per heavy atom. The summed E-state index contributed by atoms with van der Waals surface area (Å²) in [6.45, 7) is 3.10. The average Bonchev–Trinajstić information content (AvgIpc) is 2.69. The number of phenolic OH excluding ortho intramolecular Hbond substituents is 1. The maximum atomic E-state index is 12.6. The van der Waals surface area contributed by atoms with Gasteiger partial charge in [0.25, 0.3) is 0 Å². The van der Waals surface area contributed by atoms with Crippen LogP contribution in [-0.4, -0.2) is 56.9 Å². The van der Waals surface area contributed by atoms with E-state index in [1.165, 1.54) is 29.1 Å². The quantitative estimate of drug-likeness (QED) is 0.615. The van der Waals surface area contributed by atoms with E-state index in [0.29, 0.717) is 17.3 Å². The second-order valence-corrected chi connectivity index (χ2v) is 6.21. The zero-order valence-electron chi connectivity index (χ0n) is 14.3. The maximum Gasteiger partial charge on any atom is 0.341 e. The minimum atomic E-state index is -1.32. The molecule has 2 aromatic heterocycles. The van der Waals surface area contributed by atoms with Gasteiger partial charge in [0.2, 0.25) is 11.4 Å². The molecule has 1 aliphatic rings. The third-order valence-electron chi connectivity index (χ3n) is 4.49. The molecule has 27 heavy (non-hydrogen) atoms. The van der Waals surface area contributed by atoms with Gasteiger partial charge in [0, 0.05) is 44.3 Å². The maximum absolute atomic E-state index is 12.6. The van der Waals surface area contributed by atoms with Gasteiger partial charge in [-0.3, -0.25) is 4.79 Å². The molecule has 0 unspecified atom stereocenters. The lowest BCUT2D eigenvalue weighted by Gasteiger charge is -2.27. The van der Waals surface area contributed by atoms with Crippen LogP contribution >= 0.6 is 0 Å². The summed E-state index contributed by atoms with van der Waals surface area (Å²) in [6.07, 6.45) is 2.64. The van der Waals surface area contributed by atoms with Gasteiger partial charge in [0.15, 0.2) is 5.65 Å². The fourth-order valence-corrected chi connectivity index (χ4v) is 3.08. The van der Waals surface area contributed by atoms with E-state index >= 15 is 0 Å². The predicted octanol–water partition coefficient (Wildman–Crippen LogP) is 0.594. The van der Waals surface area contributed by atoms with E-state index in [2.05, 4.69) is 15.3 Å². The Balaban J connectivity index is 1.96. The van der Waals surface area contributed by atoms with Crippen LogP contribution in [0.15, 0.2) is 41.5 Å². The first-order valence-electron chi connectivity index (χ1n) is 8.45. The smallest absolute Gasteiger partial charge is 0.341 e. The highest BCUT2D eigenvalue weighted by Gasteiger charge is 2.19. The minimum absolute atomic E-state index is 0.0821. The molecule has 0 atom stereocenters. The van der Waals surface area contributed by atoms with Crippen molar-refractivity contribution in [3.63, 3.8) is 0 Å². The molecule has 0 radical (unpaired) electrons. The number of piperazine rings is 1. The Labute approximate surface area is 153 Å². The number of aromatic nitrogens is 3. The van der Waals surface area contributed by atoms with Crippen LogP contribution in [-0.2, 0) is 0 Å². The van der Waals surface area contributed by atoms with Gasteiger partial charge < -0.3 is 25.0 Å². The number of carboxylic acids is 1. The Hall–Kier alpha value is -3.46.